The lowest BCUT2D eigenvalue weighted by atomic mass is 9.67. The molecule has 0 spiro atoms. The van der Waals surface area contributed by atoms with Crippen LogP contribution in [0.15, 0.2) is 84.9 Å². The van der Waals surface area contributed by atoms with Crippen LogP contribution in [-0.4, -0.2) is 36.6 Å². The molecule has 0 heterocycles. The van der Waals surface area contributed by atoms with Crippen LogP contribution in [0.5, 0.6) is 11.5 Å². The van der Waals surface area contributed by atoms with Gasteiger partial charge in [-0.05, 0) is 63.7 Å². The number of aliphatic hydroxyl groups excluding tert-OH is 2. The summed E-state index contributed by atoms with van der Waals surface area (Å²) >= 11 is 13.6. The summed E-state index contributed by atoms with van der Waals surface area (Å²) in [6.45, 7) is 0.357. The van der Waals surface area contributed by atoms with Crippen LogP contribution >= 0.6 is 23.2 Å². The van der Waals surface area contributed by atoms with Crippen molar-refractivity contribution in [3.8, 4) is 22.6 Å². The highest BCUT2D eigenvalue weighted by Gasteiger charge is 2.47. The molecule has 0 aromatic heterocycles. The maximum atomic E-state index is 9.12. The fourth-order valence-electron chi connectivity index (χ4n) is 5.02. The summed E-state index contributed by atoms with van der Waals surface area (Å²) in [7, 11) is 0. The average molecular weight is 507 g/mol. The summed E-state index contributed by atoms with van der Waals surface area (Å²) in [5, 5.41) is 19.2. The molecule has 0 bridgehead atoms. The first-order valence-corrected chi connectivity index (χ1v) is 12.1. The standard InChI is InChI=1S/C29H24Cl2O4/c30-26-14-13-24-23-3-1-2-4-25(23)29(27(24)28(26)31,19-5-9-21(10-6-19)34-17-15-32)20-7-11-22(12-8-20)35-18-16-33/h1-14,32-33H,15-18H2. The molecule has 4 aromatic rings. The predicted octanol–water partition coefficient (Wildman–Crippen LogP) is 6.10. The zero-order valence-electron chi connectivity index (χ0n) is 18.9. The molecule has 0 amide bonds. The molecule has 0 fully saturated rings. The molecule has 4 nitrogen and oxygen atoms in total. The zero-order valence-corrected chi connectivity index (χ0v) is 20.4. The third-order valence-electron chi connectivity index (χ3n) is 6.39. The van der Waals surface area contributed by atoms with E-state index in [1.54, 1.807) is 0 Å². The van der Waals surface area contributed by atoms with Gasteiger partial charge in [0.1, 0.15) is 24.7 Å². The van der Waals surface area contributed by atoms with Crippen LogP contribution < -0.4 is 9.47 Å². The second-order valence-electron chi connectivity index (χ2n) is 8.27. The molecule has 0 saturated carbocycles. The van der Waals surface area contributed by atoms with Crippen LogP contribution in [0.25, 0.3) is 11.1 Å². The number of benzene rings is 4. The van der Waals surface area contributed by atoms with Crippen molar-refractivity contribution in [1.29, 1.82) is 0 Å². The fraction of sp³-hybridized carbons (Fsp3) is 0.172. The molecule has 1 aliphatic rings. The van der Waals surface area contributed by atoms with Crippen LogP contribution in [0, 0.1) is 0 Å². The van der Waals surface area contributed by atoms with Crippen molar-refractivity contribution in [3.05, 3.63) is 117 Å². The van der Waals surface area contributed by atoms with Crippen LogP contribution in [0.2, 0.25) is 10.0 Å². The molecular formula is C29H24Cl2O4. The molecule has 0 atom stereocenters. The minimum atomic E-state index is -0.723. The lowest BCUT2D eigenvalue weighted by Crippen LogP contribution is -2.29. The molecule has 0 aliphatic heterocycles. The number of aliphatic hydroxyl groups is 2. The average Bonchev–Trinajstić information content (AvgIpc) is 3.21. The van der Waals surface area contributed by atoms with Gasteiger partial charge in [-0.2, -0.15) is 0 Å². The topological polar surface area (TPSA) is 58.9 Å². The highest BCUT2D eigenvalue weighted by atomic mass is 35.5. The van der Waals surface area contributed by atoms with Gasteiger partial charge < -0.3 is 19.7 Å². The van der Waals surface area contributed by atoms with Gasteiger partial charge >= 0.3 is 0 Å². The lowest BCUT2D eigenvalue weighted by Gasteiger charge is -2.34. The Kier molecular flexibility index (Phi) is 6.72. The second-order valence-corrected chi connectivity index (χ2v) is 9.06. The van der Waals surface area contributed by atoms with Crippen LogP contribution in [-0.2, 0) is 5.41 Å². The van der Waals surface area contributed by atoms with Gasteiger partial charge in [-0.25, -0.2) is 0 Å². The molecule has 4 aromatic carbocycles. The van der Waals surface area contributed by atoms with Gasteiger partial charge in [0.25, 0.3) is 0 Å². The van der Waals surface area contributed by atoms with E-state index < -0.39 is 5.41 Å². The molecule has 5 rings (SSSR count). The first kappa shape index (κ1) is 23.7. The smallest absolute Gasteiger partial charge is 0.119 e. The Labute approximate surface area is 214 Å². The van der Waals surface area contributed by atoms with Crippen molar-refractivity contribution in [2.45, 2.75) is 5.41 Å². The summed E-state index contributed by atoms with van der Waals surface area (Å²) in [5.74, 6) is 1.35. The van der Waals surface area contributed by atoms with Gasteiger partial charge in [-0.3, -0.25) is 0 Å². The molecule has 0 unspecified atom stereocenters. The van der Waals surface area contributed by atoms with Crippen molar-refractivity contribution in [1.82, 2.24) is 0 Å². The third-order valence-corrected chi connectivity index (χ3v) is 7.19. The largest absolute Gasteiger partial charge is 0.491 e. The monoisotopic (exact) mass is 506 g/mol. The SMILES string of the molecule is OCCOc1ccc(C2(c3ccc(OCCO)cc3)c3ccccc3-c3ccc(Cl)c(Cl)c32)cc1. The van der Waals surface area contributed by atoms with Gasteiger partial charge in [0.05, 0.1) is 28.7 Å². The minimum Gasteiger partial charge on any atom is -0.491 e. The number of ether oxygens (including phenoxy) is 2. The number of fused-ring (bicyclic) bond motifs is 3. The minimum absolute atomic E-state index is 0.0503. The quantitative estimate of drug-likeness (QED) is 0.267. The summed E-state index contributed by atoms with van der Waals surface area (Å²) in [5.41, 5.74) is 5.46. The molecule has 1 aliphatic carbocycles. The van der Waals surface area contributed by atoms with E-state index in [0.717, 1.165) is 33.4 Å². The summed E-state index contributed by atoms with van der Waals surface area (Å²) < 4.78 is 11.2. The Hall–Kier alpha value is -3.02. The number of rotatable bonds is 8. The van der Waals surface area contributed by atoms with Crippen molar-refractivity contribution in [2.24, 2.45) is 0 Å². The van der Waals surface area contributed by atoms with E-state index in [4.69, 9.17) is 42.9 Å². The lowest BCUT2D eigenvalue weighted by molar-refractivity contribution is 0.201. The highest BCUT2D eigenvalue weighted by molar-refractivity contribution is 6.43. The summed E-state index contributed by atoms with van der Waals surface area (Å²) in [6.07, 6.45) is 0. The fourth-order valence-corrected chi connectivity index (χ4v) is 5.48. The normalized spacial score (nSPS) is 13.3. The van der Waals surface area contributed by atoms with Gasteiger partial charge in [0.2, 0.25) is 0 Å². The van der Waals surface area contributed by atoms with E-state index in [9.17, 15) is 0 Å². The van der Waals surface area contributed by atoms with E-state index in [1.165, 1.54) is 0 Å². The predicted molar refractivity (Wildman–Crippen MR) is 139 cm³/mol. The second kappa shape index (κ2) is 9.92. The Morgan fingerprint density at radius 2 is 1.17 bits per heavy atom. The first-order valence-electron chi connectivity index (χ1n) is 11.4. The van der Waals surface area contributed by atoms with Crippen molar-refractivity contribution < 1.29 is 19.7 Å². The van der Waals surface area contributed by atoms with Crippen LogP contribution in [0.3, 0.4) is 0 Å². The van der Waals surface area contributed by atoms with Gasteiger partial charge in [-0.1, -0.05) is 77.8 Å². The van der Waals surface area contributed by atoms with E-state index in [-0.39, 0.29) is 26.4 Å². The Morgan fingerprint density at radius 3 is 1.71 bits per heavy atom. The van der Waals surface area contributed by atoms with Crippen LogP contribution in [0.4, 0.5) is 0 Å². The molecule has 178 valence electrons. The zero-order chi connectivity index (χ0) is 24.4. The first-order chi connectivity index (χ1) is 17.1. The Bertz CT molecular complexity index is 1280. The van der Waals surface area contributed by atoms with Crippen LogP contribution in [0.1, 0.15) is 22.3 Å². The summed E-state index contributed by atoms with van der Waals surface area (Å²) in [6, 6.07) is 27.9. The molecule has 0 saturated heterocycles. The van der Waals surface area contributed by atoms with Gasteiger partial charge in [0, 0.05) is 0 Å². The number of hydrogen-bond donors (Lipinski definition) is 2. The number of hydrogen-bond acceptors (Lipinski definition) is 4. The molecule has 6 heteroatoms. The van der Waals surface area contributed by atoms with E-state index in [2.05, 4.69) is 12.1 Å². The van der Waals surface area contributed by atoms with Crippen molar-refractivity contribution >= 4 is 23.2 Å². The maximum Gasteiger partial charge on any atom is 0.119 e. The number of halogens is 2. The van der Waals surface area contributed by atoms with Crippen molar-refractivity contribution in [3.63, 3.8) is 0 Å². The van der Waals surface area contributed by atoms with Gasteiger partial charge in [-0.15, -0.1) is 0 Å². The summed E-state index contributed by atoms with van der Waals surface area (Å²) in [4.78, 5) is 0. The van der Waals surface area contributed by atoms with Gasteiger partial charge in [0.15, 0.2) is 0 Å². The van der Waals surface area contributed by atoms with E-state index in [1.807, 2.05) is 72.8 Å². The van der Waals surface area contributed by atoms with E-state index >= 15 is 0 Å². The Morgan fingerprint density at radius 1 is 0.629 bits per heavy atom. The maximum absolute atomic E-state index is 9.12. The highest BCUT2D eigenvalue weighted by Crippen LogP contribution is 2.59. The molecular weight excluding hydrogens is 483 g/mol. The molecule has 0 radical (unpaired) electrons. The molecule has 35 heavy (non-hydrogen) atoms. The third kappa shape index (κ3) is 3.97. The van der Waals surface area contributed by atoms with Crippen molar-refractivity contribution in [2.75, 3.05) is 26.4 Å². The Balaban J connectivity index is 1.78. The molecule has 2 N–H and O–H groups in total. The van der Waals surface area contributed by atoms with E-state index in [0.29, 0.717) is 21.5 Å².